The molecule has 13 heavy (non-hydrogen) atoms. The van der Waals surface area contributed by atoms with Crippen molar-refractivity contribution < 1.29 is 14.3 Å². The minimum absolute atomic E-state index is 0.129. The first-order valence-corrected chi connectivity index (χ1v) is 4.06. The molecule has 0 aromatic heterocycles. The zero-order valence-electron chi connectivity index (χ0n) is 8.22. The van der Waals surface area contributed by atoms with Crippen molar-refractivity contribution in [2.24, 2.45) is 5.92 Å². The number of ether oxygens (including phenoxy) is 1. The summed E-state index contributed by atoms with van der Waals surface area (Å²) >= 11 is 0. The van der Waals surface area contributed by atoms with Gasteiger partial charge in [-0.2, -0.15) is 0 Å². The number of carbonyl (C=O) groups excluding carboxylic acids is 2. The molecular formula is C8H16N2O3. The maximum absolute atomic E-state index is 11.2. The minimum Gasteiger partial charge on any atom is -0.384 e. The SMILES string of the molecule is CNC(=O)[C@H](CNC(C)=O)COC. The molecule has 0 saturated heterocycles. The van der Waals surface area contributed by atoms with Gasteiger partial charge in [-0.15, -0.1) is 0 Å². The molecule has 5 heteroatoms. The molecule has 0 unspecified atom stereocenters. The lowest BCUT2D eigenvalue weighted by Crippen LogP contribution is -2.39. The van der Waals surface area contributed by atoms with Gasteiger partial charge in [0.05, 0.1) is 12.5 Å². The normalized spacial score (nSPS) is 11.9. The van der Waals surface area contributed by atoms with E-state index in [0.29, 0.717) is 13.2 Å². The fourth-order valence-electron chi connectivity index (χ4n) is 0.900. The fourth-order valence-corrected chi connectivity index (χ4v) is 0.900. The molecule has 0 fully saturated rings. The van der Waals surface area contributed by atoms with Crippen molar-refractivity contribution in [3.8, 4) is 0 Å². The number of methoxy groups -OCH3 is 1. The van der Waals surface area contributed by atoms with Gasteiger partial charge in [0.1, 0.15) is 0 Å². The van der Waals surface area contributed by atoms with E-state index in [1.807, 2.05) is 0 Å². The van der Waals surface area contributed by atoms with E-state index in [-0.39, 0.29) is 17.7 Å². The largest absolute Gasteiger partial charge is 0.384 e. The molecule has 2 N–H and O–H groups in total. The Bertz CT molecular complexity index is 182. The van der Waals surface area contributed by atoms with Crippen molar-refractivity contribution in [1.29, 1.82) is 0 Å². The first-order valence-electron chi connectivity index (χ1n) is 4.06. The molecular weight excluding hydrogens is 172 g/mol. The van der Waals surface area contributed by atoms with Crippen LogP contribution >= 0.6 is 0 Å². The van der Waals surface area contributed by atoms with Gasteiger partial charge in [-0.05, 0) is 0 Å². The lowest BCUT2D eigenvalue weighted by molar-refractivity contribution is -0.126. The summed E-state index contributed by atoms with van der Waals surface area (Å²) < 4.78 is 4.85. The van der Waals surface area contributed by atoms with Crippen LogP contribution in [0.1, 0.15) is 6.92 Å². The van der Waals surface area contributed by atoms with Gasteiger partial charge in [0.2, 0.25) is 11.8 Å². The van der Waals surface area contributed by atoms with Gasteiger partial charge < -0.3 is 15.4 Å². The van der Waals surface area contributed by atoms with Crippen LogP contribution in [0.5, 0.6) is 0 Å². The van der Waals surface area contributed by atoms with Gasteiger partial charge in [-0.3, -0.25) is 9.59 Å². The van der Waals surface area contributed by atoms with Crippen LogP contribution in [0.25, 0.3) is 0 Å². The second-order valence-electron chi connectivity index (χ2n) is 2.70. The molecule has 2 amide bonds. The monoisotopic (exact) mass is 188 g/mol. The molecule has 0 saturated carbocycles. The minimum atomic E-state index is -0.320. The first-order chi connectivity index (χ1) is 6.11. The quantitative estimate of drug-likeness (QED) is 0.589. The molecule has 0 radical (unpaired) electrons. The van der Waals surface area contributed by atoms with Crippen molar-refractivity contribution >= 4 is 11.8 Å². The van der Waals surface area contributed by atoms with Gasteiger partial charge in [0, 0.05) is 27.6 Å². The molecule has 0 rings (SSSR count). The van der Waals surface area contributed by atoms with E-state index < -0.39 is 0 Å². The van der Waals surface area contributed by atoms with Crippen molar-refractivity contribution in [1.82, 2.24) is 10.6 Å². The maximum Gasteiger partial charge on any atom is 0.226 e. The van der Waals surface area contributed by atoms with Crippen molar-refractivity contribution in [3.63, 3.8) is 0 Å². The van der Waals surface area contributed by atoms with Crippen molar-refractivity contribution in [2.75, 3.05) is 27.3 Å². The molecule has 0 aliphatic rings. The Hall–Kier alpha value is -1.10. The highest BCUT2D eigenvalue weighted by Crippen LogP contribution is 1.95. The zero-order chi connectivity index (χ0) is 10.3. The Balaban J connectivity index is 3.93. The van der Waals surface area contributed by atoms with Gasteiger partial charge >= 0.3 is 0 Å². The van der Waals surface area contributed by atoms with Crippen LogP contribution in [0.4, 0.5) is 0 Å². The van der Waals surface area contributed by atoms with Crippen LogP contribution in [0.15, 0.2) is 0 Å². The molecule has 0 aromatic rings. The summed E-state index contributed by atoms with van der Waals surface area (Å²) in [6.07, 6.45) is 0. The standard InChI is InChI=1S/C8H16N2O3/c1-6(11)10-4-7(5-13-3)8(12)9-2/h7H,4-5H2,1-3H3,(H,9,12)(H,10,11)/t7-/m1/s1. The topological polar surface area (TPSA) is 67.4 Å². The molecule has 0 aromatic carbocycles. The number of hydrogen-bond donors (Lipinski definition) is 2. The highest BCUT2D eigenvalue weighted by atomic mass is 16.5. The fraction of sp³-hybridized carbons (Fsp3) is 0.750. The van der Waals surface area contributed by atoms with Crippen LogP contribution in [0.2, 0.25) is 0 Å². The lowest BCUT2D eigenvalue weighted by Gasteiger charge is -2.14. The number of hydrogen-bond acceptors (Lipinski definition) is 3. The third-order valence-corrected chi connectivity index (χ3v) is 1.58. The second kappa shape index (κ2) is 6.42. The summed E-state index contributed by atoms with van der Waals surface area (Å²) in [4.78, 5) is 21.8. The molecule has 5 nitrogen and oxygen atoms in total. The maximum atomic E-state index is 11.2. The molecule has 0 bridgehead atoms. The summed E-state index contributed by atoms with van der Waals surface area (Å²) in [5.74, 6) is -0.598. The van der Waals surface area contributed by atoms with E-state index in [1.165, 1.54) is 14.0 Å². The molecule has 1 atom stereocenters. The Kier molecular flexibility index (Phi) is 5.88. The van der Waals surface area contributed by atoms with E-state index in [1.54, 1.807) is 7.05 Å². The van der Waals surface area contributed by atoms with Crippen LogP contribution in [-0.4, -0.2) is 39.1 Å². The Morgan fingerprint density at radius 2 is 2.08 bits per heavy atom. The summed E-state index contributed by atoms with van der Waals surface area (Å²) in [6.45, 7) is 2.02. The van der Waals surface area contributed by atoms with E-state index in [2.05, 4.69) is 10.6 Å². The van der Waals surface area contributed by atoms with Crippen LogP contribution in [0.3, 0.4) is 0 Å². The molecule has 0 heterocycles. The average molecular weight is 188 g/mol. The van der Waals surface area contributed by atoms with Gasteiger partial charge in [0.15, 0.2) is 0 Å². The Labute approximate surface area is 77.8 Å². The summed E-state index contributed by atoms with van der Waals surface area (Å²) in [6, 6.07) is 0. The average Bonchev–Trinajstić information content (AvgIpc) is 2.10. The molecule has 76 valence electrons. The lowest BCUT2D eigenvalue weighted by atomic mass is 10.1. The van der Waals surface area contributed by atoms with Gasteiger partial charge in [-0.1, -0.05) is 0 Å². The first kappa shape index (κ1) is 11.9. The van der Waals surface area contributed by atoms with Crippen LogP contribution < -0.4 is 10.6 Å². The van der Waals surface area contributed by atoms with Crippen molar-refractivity contribution in [3.05, 3.63) is 0 Å². The summed E-state index contributed by atoms with van der Waals surface area (Å²) in [7, 11) is 3.07. The number of carbonyl (C=O) groups is 2. The van der Waals surface area contributed by atoms with Gasteiger partial charge in [-0.25, -0.2) is 0 Å². The summed E-state index contributed by atoms with van der Waals surface area (Å²) in [5, 5.41) is 5.07. The Morgan fingerprint density at radius 3 is 2.46 bits per heavy atom. The van der Waals surface area contributed by atoms with E-state index in [4.69, 9.17) is 4.74 Å². The third-order valence-electron chi connectivity index (χ3n) is 1.58. The predicted octanol–water partition coefficient (Wildman–Crippen LogP) is -0.869. The molecule has 0 aliphatic heterocycles. The van der Waals surface area contributed by atoms with Crippen molar-refractivity contribution in [2.45, 2.75) is 6.92 Å². The third kappa shape index (κ3) is 5.19. The van der Waals surface area contributed by atoms with Crippen LogP contribution in [-0.2, 0) is 14.3 Å². The smallest absolute Gasteiger partial charge is 0.226 e. The second-order valence-corrected chi connectivity index (χ2v) is 2.70. The molecule has 0 spiro atoms. The highest BCUT2D eigenvalue weighted by molar-refractivity contribution is 5.80. The predicted molar refractivity (Wildman–Crippen MR) is 48.1 cm³/mol. The summed E-state index contributed by atoms with van der Waals surface area (Å²) in [5.41, 5.74) is 0. The number of nitrogens with one attached hydrogen (secondary N) is 2. The number of amides is 2. The highest BCUT2D eigenvalue weighted by Gasteiger charge is 2.16. The Morgan fingerprint density at radius 1 is 1.46 bits per heavy atom. The molecule has 0 aliphatic carbocycles. The van der Waals surface area contributed by atoms with E-state index in [9.17, 15) is 9.59 Å². The van der Waals surface area contributed by atoms with E-state index >= 15 is 0 Å². The number of rotatable bonds is 5. The zero-order valence-corrected chi connectivity index (χ0v) is 8.22. The van der Waals surface area contributed by atoms with Gasteiger partial charge in [0.25, 0.3) is 0 Å². The van der Waals surface area contributed by atoms with Crippen LogP contribution in [0, 0.1) is 5.92 Å². The van der Waals surface area contributed by atoms with E-state index in [0.717, 1.165) is 0 Å².